The van der Waals surface area contributed by atoms with Gasteiger partial charge in [0.1, 0.15) is 0 Å². The lowest BCUT2D eigenvalue weighted by Gasteiger charge is -2.18. The molecule has 3 nitrogen and oxygen atoms in total. The summed E-state index contributed by atoms with van der Waals surface area (Å²) in [7, 11) is 0. The van der Waals surface area contributed by atoms with Gasteiger partial charge in [0.2, 0.25) is 0 Å². The number of nitrogens with zero attached hydrogens (tertiary/aromatic N) is 3. The van der Waals surface area contributed by atoms with Gasteiger partial charge in [-0.25, -0.2) is 4.98 Å². The molecule has 0 N–H and O–H groups in total. The van der Waals surface area contributed by atoms with Crippen LogP contribution in [-0.2, 0) is 0 Å². The molecule has 1 aliphatic carbocycles. The SMILES string of the molecule is C1=CC(c2cccc(-c3cnc4c5ccccc5c5ccccc5c4n3)c2)CC=C1c1ccc(-c2ccc3c4ccccc4n(-c4cccc5ccccc45)c3c2)cc1. The van der Waals surface area contributed by atoms with Crippen LogP contribution in [0.5, 0.6) is 0 Å². The maximum absolute atomic E-state index is 5.25. The number of aromatic nitrogens is 3. The summed E-state index contributed by atoms with van der Waals surface area (Å²) in [4.78, 5) is 10.3. The van der Waals surface area contributed by atoms with Crippen LogP contribution in [0.25, 0.3) is 98.8 Å². The van der Waals surface area contributed by atoms with Gasteiger partial charge in [0.15, 0.2) is 0 Å². The molecular formula is C56H37N3. The zero-order valence-electron chi connectivity index (χ0n) is 32.3. The van der Waals surface area contributed by atoms with Crippen molar-refractivity contribution < 1.29 is 0 Å². The van der Waals surface area contributed by atoms with Gasteiger partial charge < -0.3 is 4.57 Å². The lowest BCUT2D eigenvalue weighted by Crippen LogP contribution is -1.99. The zero-order valence-corrected chi connectivity index (χ0v) is 32.3. The second kappa shape index (κ2) is 13.5. The van der Waals surface area contributed by atoms with Crippen LogP contribution in [0.3, 0.4) is 0 Å². The molecule has 1 unspecified atom stereocenters. The fourth-order valence-electron chi connectivity index (χ4n) is 9.44. The van der Waals surface area contributed by atoms with E-state index in [0.717, 1.165) is 39.5 Å². The van der Waals surface area contributed by atoms with Crippen molar-refractivity contribution in [2.45, 2.75) is 12.3 Å². The van der Waals surface area contributed by atoms with Gasteiger partial charge >= 0.3 is 0 Å². The Balaban J connectivity index is 0.828. The minimum absolute atomic E-state index is 0.288. The van der Waals surface area contributed by atoms with Crippen molar-refractivity contribution >= 4 is 70.7 Å². The molecule has 276 valence electrons. The molecule has 0 radical (unpaired) electrons. The summed E-state index contributed by atoms with van der Waals surface area (Å²) in [6.45, 7) is 0. The second-order valence-corrected chi connectivity index (χ2v) is 15.7. The number of rotatable bonds is 5. The van der Waals surface area contributed by atoms with Crippen LogP contribution in [0.2, 0.25) is 0 Å². The Morgan fingerprint density at radius 2 is 1.10 bits per heavy atom. The summed E-state index contributed by atoms with van der Waals surface area (Å²) in [5.41, 5.74) is 13.7. The van der Waals surface area contributed by atoms with Gasteiger partial charge in [-0.3, -0.25) is 4.98 Å². The molecule has 11 aromatic rings. The van der Waals surface area contributed by atoms with Gasteiger partial charge in [0.25, 0.3) is 0 Å². The molecule has 0 amide bonds. The minimum Gasteiger partial charge on any atom is -0.309 e. The third-order valence-electron chi connectivity index (χ3n) is 12.4. The maximum atomic E-state index is 5.25. The van der Waals surface area contributed by atoms with E-state index in [2.05, 4.69) is 205 Å². The van der Waals surface area contributed by atoms with Crippen molar-refractivity contribution in [2.75, 3.05) is 0 Å². The fourth-order valence-corrected chi connectivity index (χ4v) is 9.44. The first kappa shape index (κ1) is 33.5. The molecule has 0 bridgehead atoms. The van der Waals surface area contributed by atoms with Crippen molar-refractivity contribution in [2.24, 2.45) is 0 Å². The molecule has 0 saturated carbocycles. The molecule has 0 fully saturated rings. The first-order valence-electron chi connectivity index (χ1n) is 20.4. The van der Waals surface area contributed by atoms with Crippen molar-refractivity contribution in [3.05, 3.63) is 218 Å². The molecule has 2 aromatic heterocycles. The lowest BCUT2D eigenvalue weighted by atomic mass is 9.87. The first-order chi connectivity index (χ1) is 29.2. The summed E-state index contributed by atoms with van der Waals surface area (Å²) < 4.78 is 2.44. The van der Waals surface area contributed by atoms with Crippen LogP contribution in [0.4, 0.5) is 0 Å². The minimum atomic E-state index is 0.288. The monoisotopic (exact) mass is 751 g/mol. The molecule has 0 spiro atoms. The Morgan fingerprint density at radius 1 is 0.458 bits per heavy atom. The third kappa shape index (κ3) is 5.50. The zero-order chi connectivity index (χ0) is 38.9. The normalized spacial score (nSPS) is 14.2. The molecular weight excluding hydrogens is 715 g/mol. The van der Waals surface area contributed by atoms with Crippen molar-refractivity contribution in [3.8, 4) is 28.1 Å². The van der Waals surface area contributed by atoms with E-state index in [1.54, 1.807) is 0 Å². The maximum Gasteiger partial charge on any atom is 0.0979 e. The number of hydrogen-bond donors (Lipinski definition) is 0. The molecule has 2 heterocycles. The Labute approximate surface area is 341 Å². The van der Waals surface area contributed by atoms with Crippen LogP contribution in [-0.4, -0.2) is 14.5 Å². The van der Waals surface area contributed by atoms with Crippen LogP contribution < -0.4 is 0 Å². The summed E-state index contributed by atoms with van der Waals surface area (Å²) in [5.74, 6) is 0.288. The van der Waals surface area contributed by atoms with Gasteiger partial charge in [-0.2, -0.15) is 0 Å². The van der Waals surface area contributed by atoms with Gasteiger partial charge in [-0.05, 0) is 74.7 Å². The van der Waals surface area contributed by atoms with Crippen LogP contribution in [0.15, 0.2) is 206 Å². The van der Waals surface area contributed by atoms with Gasteiger partial charge in [-0.15, -0.1) is 0 Å². The third-order valence-corrected chi connectivity index (χ3v) is 12.4. The summed E-state index contributed by atoms with van der Waals surface area (Å²) in [6.07, 6.45) is 9.90. The highest BCUT2D eigenvalue weighted by atomic mass is 15.0. The average Bonchev–Trinajstić information content (AvgIpc) is 3.65. The summed E-state index contributed by atoms with van der Waals surface area (Å²) in [5, 5.41) is 9.71. The highest BCUT2D eigenvalue weighted by Crippen LogP contribution is 2.39. The lowest BCUT2D eigenvalue weighted by molar-refractivity contribution is 0.857. The summed E-state index contributed by atoms with van der Waals surface area (Å²) >= 11 is 0. The van der Waals surface area contributed by atoms with Crippen LogP contribution >= 0.6 is 0 Å². The molecule has 0 saturated heterocycles. The predicted octanol–water partition coefficient (Wildman–Crippen LogP) is 14.6. The molecule has 12 rings (SSSR count). The van der Waals surface area contributed by atoms with Gasteiger partial charge in [0.05, 0.1) is 39.6 Å². The van der Waals surface area contributed by atoms with Gasteiger partial charge in [-0.1, -0.05) is 176 Å². The predicted molar refractivity (Wildman–Crippen MR) is 248 cm³/mol. The molecule has 1 aliphatic rings. The number of allylic oxidation sites excluding steroid dienone is 4. The summed E-state index contributed by atoms with van der Waals surface area (Å²) in [6, 6.07) is 65.9. The van der Waals surface area contributed by atoms with Gasteiger partial charge in [0, 0.05) is 38.4 Å². The number of fused-ring (bicyclic) bond motifs is 10. The fraction of sp³-hybridized carbons (Fsp3) is 0.0357. The highest BCUT2D eigenvalue weighted by molar-refractivity contribution is 6.23. The largest absolute Gasteiger partial charge is 0.309 e. The van der Waals surface area contributed by atoms with E-state index >= 15 is 0 Å². The Hall–Kier alpha value is -7.62. The molecule has 59 heavy (non-hydrogen) atoms. The van der Waals surface area contributed by atoms with E-state index in [-0.39, 0.29) is 5.92 Å². The highest BCUT2D eigenvalue weighted by Gasteiger charge is 2.18. The van der Waals surface area contributed by atoms with E-state index in [4.69, 9.17) is 9.97 Å². The average molecular weight is 752 g/mol. The Kier molecular flexibility index (Phi) is 7.67. The van der Waals surface area contributed by atoms with Crippen LogP contribution in [0, 0.1) is 0 Å². The molecule has 9 aromatic carbocycles. The van der Waals surface area contributed by atoms with E-state index in [9.17, 15) is 0 Å². The Morgan fingerprint density at radius 3 is 1.90 bits per heavy atom. The standard InChI is InChI=1S/C56H37N3/c1-2-15-44-40(11-1)12-10-22-52(44)59-53-21-8-7-18-47(53)48-32-31-42(34-54(48)59)39-29-25-37(26-30-39)36-23-27-38(28-24-36)41-13-9-14-43(33-41)51-35-57-55-49-19-5-3-16-45(49)46-17-4-6-20-50(46)56(55)58-51/h1-27,29-35,38H,28H2. The van der Waals surface area contributed by atoms with Crippen molar-refractivity contribution in [3.63, 3.8) is 0 Å². The second-order valence-electron chi connectivity index (χ2n) is 15.7. The number of hydrogen-bond acceptors (Lipinski definition) is 2. The van der Waals surface area contributed by atoms with Crippen molar-refractivity contribution in [1.82, 2.24) is 14.5 Å². The number of benzene rings is 9. The topological polar surface area (TPSA) is 30.7 Å². The smallest absolute Gasteiger partial charge is 0.0979 e. The van der Waals surface area contributed by atoms with E-state index in [1.165, 1.54) is 76.9 Å². The van der Waals surface area contributed by atoms with E-state index in [1.807, 2.05) is 6.20 Å². The van der Waals surface area contributed by atoms with Crippen molar-refractivity contribution in [1.29, 1.82) is 0 Å². The molecule has 0 aliphatic heterocycles. The first-order valence-corrected chi connectivity index (χ1v) is 20.4. The van der Waals surface area contributed by atoms with E-state index in [0.29, 0.717) is 0 Å². The molecule has 3 heteroatoms. The van der Waals surface area contributed by atoms with E-state index < -0.39 is 0 Å². The van der Waals surface area contributed by atoms with Crippen LogP contribution in [0.1, 0.15) is 23.5 Å². The quantitative estimate of drug-likeness (QED) is 0.164. The molecule has 1 atom stereocenters. The number of para-hydroxylation sites is 1. The Bertz CT molecular complexity index is 3490.